The molecule has 1 aromatic carbocycles. The van der Waals surface area contributed by atoms with Crippen LogP contribution in [-0.2, 0) is 6.54 Å². The van der Waals surface area contributed by atoms with Crippen LogP contribution in [0.2, 0.25) is 0 Å². The van der Waals surface area contributed by atoms with Gasteiger partial charge in [0.15, 0.2) is 0 Å². The van der Waals surface area contributed by atoms with Gasteiger partial charge >= 0.3 is 0 Å². The molecule has 3 nitrogen and oxygen atoms in total. The van der Waals surface area contributed by atoms with Gasteiger partial charge in [-0.15, -0.1) is 11.3 Å². The molecular weight excluding hydrogens is 266 g/mol. The third-order valence-corrected chi connectivity index (χ3v) is 3.80. The highest BCUT2D eigenvalue weighted by molar-refractivity contribution is 7.09. The highest BCUT2D eigenvalue weighted by Gasteiger charge is 2.01. The number of benzene rings is 1. The van der Waals surface area contributed by atoms with Crippen molar-refractivity contribution in [2.75, 3.05) is 5.32 Å². The predicted octanol–water partition coefficient (Wildman–Crippen LogP) is 4.13. The molecular formula is C16H15N3S. The number of hydrogen-bond donors (Lipinski definition) is 1. The van der Waals surface area contributed by atoms with Crippen LogP contribution in [0.3, 0.4) is 0 Å². The van der Waals surface area contributed by atoms with Gasteiger partial charge in [0.05, 0.1) is 17.7 Å². The monoisotopic (exact) mass is 281 g/mol. The number of anilines is 1. The number of hydrogen-bond acceptors (Lipinski definition) is 4. The molecule has 0 aliphatic heterocycles. The van der Waals surface area contributed by atoms with Crippen LogP contribution in [0.4, 0.5) is 5.82 Å². The van der Waals surface area contributed by atoms with E-state index in [0.29, 0.717) is 0 Å². The normalized spacial score (nSPS) is 10.4. The first kappa shape index (κ1) is 12.8. The van der Waals surface area contributed by atoms with Gasteiger partial charge in [0.25, 0.3) is 0 Å². The zero-order valence-corrected chi connectivity index (χ0v) is 12.0. The van der Waals surface area contributed by atoms with Gasteiger partial charge in [-0.2, -0.15) is 0 Å². The molecule has 100 valence electrons. The number of nitrogens with zero attached hydrogens (tertiary/aromatic N) is 2. The van der Waals surface area contributed by atoms with Crippen molar-refractivity contribution in [3.63, 3.8) is 0 Å². The molecule has 0 radical (unpaired) electrons. The van der Waals surface area contributed by atoms with E-state index in [9.17, 15) is 0 Å². The minimum absolute atomic E-state index is 0.759. The quantitative estimate of drug-likeness (QED) is 0.781. The van der Waals surface area contributed by atoms with Gasteiger partial charge < -0.3 is 5.32 Å². The maximum atomic E-state index is 4.65. The highest BCUT2D eigenvalue weighted by Crippen LogP contribution is 2.19. The number of nitrogens with one attached hydrogen (secondary N) is 1. The molecule has 0 fully saturated rings. The first-order valence-electron chi connectivity index (χ1n) is 6.46. The summed E-state index contributed by atoms with van der Waals surface area (Å²) in [5, 5.41) is 3.33. The lowest BCUT2D eigenvalue weighted by molar-refractivity contribution is 1.13. The summed E-state index contributed by atoms with van der Waals surface area (Å²) >= 11 is 1.64. The lowest BCUT2D eigenvalue weighted by Crippen LogP contribution is -2.00. The topological polar surface area (TPSA) is 37.8 Å². The molecule has 0 aliphatic carbocycles. The van der Waals surface area contributed by atoms with Crippen molar-refractivity contribution in [1.82, 2.24) is 9.97 Å². The maximum Gasteiger partial charge on any atom is 0.126 e. The first-order valence-corrected chi connectivity index (χ1v) is 7.34. The number of thiazole rings is 1. The van der Waals surface area contributed by atoms with Crippen LogP contribution in [0.15, 0.2) is 54.2 Å². The fourth-order valence-electron chi connectivity index (χ4n) is 1.93. The Balaban J connectivity index is 1.77. The Morgan fingerprint density at radius 1 is 1.10 bits per heavy atom. The van der Waals surface area contributed by atoms with Crippen molar-refractivity contribution in [3.8, 4) is 11.3 Å². The Bertz CT molecular complexity index is 675. The van der Waals surface area contributed by atoms with Crippen molar-refractivity contribution in [3.05, 3.63) is 64.6 Å². The Labute approximate surface area is 122 Å². The SMILES string of the molecule is Cc1ccc(-c2cccc(NCc3cncs3)n2)cc1. The van der Waals surface area contributed by atoms with E-state index in [0.717, 1.165) is 23.6 Å². The number of rotatable bonds is 4. The van der Waals surface area contributed by atoms with Crippen LogP contribution in [0.5, 0.6) is 0 Å². The molecule has 1 N–H and O–H groups in total. The second-order valence-corrected chi connectivity index (χ2v) is 5.57. The highest BCUT2D eigenvalue weighted by atomic mass is 32.1. The van der Waals surface area contributed by atoms with Crippen LogP contribution in [-0.4, -0.2) is 9.97 Å². The predicted molar refractivity (Wildman–Crippen MR) is 83.9 cm³/mol. The molecule has 20 heavy (non-hydrogen) atoms. The van der Waals surface area contributed by atoms with Gasteiger partial charge in [0.1, 0.15) is 5.82 Å². The van der Waals surface area contributed by atoms with E-state index in [2.05, 4.69) is 46.5 Å². The van der Waals surface area contributed by atoms with E-state index in [1.807, 2.05) is 29.9 Å². The lowest BCUT2D eigenvalue weighted by atomic mass is 10.1. The van der Waals surface area contributed by atoms with E-state index in [-0.39, 0.29) is 0 Å². The lowest BCUT2D eigenvalue weighted by Gasteiger charge is -2.07. The second kappa shape index (κ2) is 5.84. The molecule has 0 unspecified atom stereocenters. The van der Waals surface area contributed by atoms with Crippen molar-refractivity contribution in [2.24, 2.45) is 0 Å². The standard InChI is InChI=1S/C16H15N3S/c1-12-5-7-13(8-6-12)15-3-2-4-16(19-15)18-10-14-9-17-11-20-14/h2-9,11H,10H2,1H3,(H,18,19). The summed E-state index contributed by atoms with van der Waals surface area (Å²) in [6.45, 7) is 2.85. The summed E-state index contributed by atoms with van der Waals surface area (Å²) in [6, 6.07) is 14.5. The van der Waals surface area contributed by atoms with Gasteiger partial charge in [0.2, 0.25) is 0 Å². The fourth-order valence-corrected chi connectivity index (χ4v) is 2.46. The van der Waals surface area contributed by atoms with Crippen molar-refractivity contribution < 1.29 is 0 Å². The second-order valence-electron chi connectivity index (χ2n) is 4.60. The smallest absolute Gasteiger partial charge is 0.126 e. The zero-order valence-electron chi connectivity index (χ0n) is 11.2. The first-order chi connectivity index (χ1) is 9.81. The Kier molecular flexibility index (Phi) is 3.74. The fraction of sp³-hybridized carbons (Fsp3) is 0.125. The molecule has 0 saturated carbocycles. The van der Waals surface area contributed by atoms with Gasteiger partial charge in [-0.05, 0) is 19.1 Å². The average molecular weight is 281 g/mol. The Morgan fingerprint density at radius 2 is 1.95 bits per heavy atom. The molecule has 0 spiro atoms. The van der Waals surface area contributed by atoms with Crippen LogP contribution < -0.4 is 5.32 Å². The molecule has 3 aromatic rings. The molecule has 2 aromatic heterocycles. The minimum atomic E-state index is 0.759. The van der Waals surface area contributed by atoms with E-state index in [1.165, 1.54) is 10.4 Å². The molecule has 2 heterocycles. The molecule has 0 aliphatic rings. The molecule has 0 amide bonds. The van der Waals surface area contributed by atoms with Gasteiger partial charge in [-0.25, -0.2) is 4.98 Å². The number of aryl methyl sites for hydroxylation is 1. The summed E-state index contributed by atoms with van der Waals surface area (Å²) in [5.41, 5.74) is 5.22. The van der Waals surface area contributed by atoms with Crippen LogP contribution in [0, 0.1) is 6.92 Å². The van der Waals surface area contributed by atoms with Crippen molar-refractivity contribution in [1.29, 1.82) is 0 Å². The van der Waals surface area contributed by atoms with E-state index in [4.69, 9.17) is 0 Å². The molecule has 4 heteroatoms. The summed E-state index contributed by atoms with van der Waals surface area (Å²) in [4.78, 5) is 9.91. The molecule has 0 saturated heterocycles. The van der Waals surface area contributed by atoms with Crippen LogP contribution >= 0.6 is 11.3 Å². The van der Waals surface area contributed by atoms with Crippen molar-refractivity contribution in [2.45, 2.75) is 13.5 Å². The minimum Gasteiger partial charge on any atom is -0.365 e. The van der Waals surface area contributed by atoms with Gasteiger partial charge in [-0.3, -0.25) is 4.98 Å². The van der Waals surface area contributed by atoms with E-state index >= 15 is 0 Å². The van der Waals surface area contributed by atoms with Gasteiger partial charge in [0, 0.05) is 16.6 Å². The third kappa shape index (κ3) is 3.03. The van der Waals surface area contributed by atoms with E-state index in [1.54, 1.807) is 11.3 Å². The summed E-state index contributed by atoms with van der Waals surface area (Å²) in [6.07, 6.45) is 1.88. The summed E-state index contributed by atoms with van der Waals surface area (Å²) < 4.78 is 0. The van der Waals surface area contributed by atoms with Crippen LogP contribution in [0.25, 0.3) is 11.3 Å². The number of pyridine rings is 1. The molecule has 3 rings (SSSR count). The largest absolute Gasteiger partial charge is 0.365 e. The molecule has 0 bridgehead atoms. The Morgan fingerprint density at radius 3 is 2.70 bits per heavy atom. The van der Waals surface area contributed by atoms with Gasteiger partial charge in [-0.1, -0.05) is 35.9 Å². The number of aromatic nitrogens is 2. The summed E-state index contributed by atoms with van der Waals surface area (Å²) in [7, 11) is 0. The van der Waals surface area contributed by atoms with Crippen LogP contribution in [0.1, 0.15) is 10.4 Å². The average Bonchev–Trinajstić information content (AvgIpc) is 3.00. The maximum absolute atomic E-state index is 4.65. The molecule has 0 atom stereocenters. The van der Waals surface area contributed by atoms with Crippen molar-refractivity contribution >= 4 is 17.2 Å². The Hall–Kier alpha value is -2.20. The van der Waals surface area contributed by atoms with E-state index < -0.39 is 0 Å². The third-order valence-electron chi connectivity index (χ3n) is 3.02. The summed E-state index contributed by atoms with van der Waals surface area (Å²) in [5.74, 6) is 0.886. The zero-order chi connectivity index (χ0) is 13.8.